The third-order valence-electron chi connectivity index (χ3n) is 3.54. The minimum atomic E-state index is -0.159. The topological polar surface area (TPSA) is 68.3 Å². The molecule has 0 spiro atoms. The van der Waals surface area contributed by atoms with Crippen LogP contribution in [0, 0.1) is 6.92 Å². The number of aryl methyl sites for hydroxylation is 2. The lowest BCUT2D eigenvalue weighted by Crippen LogP contribution is -2.16. The Bertz CT molecular complexity index is 888. The number of rotatable bonds is 1. The molecule has 20 heavy (non-hydrogen) atoms. The molecule has 0 aliphatic rings. The van der Waals surface area contributed by atoms with E-state index in [1.54, 1.807) is 19.2 Å². The Morgan fingerprint density at radius 3 is 2.70 bits per heavy atom. The van der Waals surface area contributed by atoms with E-state index in [1.165, 1.54) is 4.57 Å². The van der Waals surface area contributed by atoms with Crippen LogP contribution in [0.2, 0.25) is 0 Å². The summed E-state index contributed by atoms with van der Waals surface area (Å²) >= 11 is 0. The van der Waals surface area contributed by atoms with Crippen molar-refractivity contribution in [1.29, 1.82) is 0 Å². The first-order valence-electron chi connectivity index (χ1n) is 6.53. The van der Waals surface area contributed by atoms with E-state index in [0.29, 0.717) is 22.5 Å². The molecule has 0 saturated heterocycles. The number of phenols is 1. The number of fused-ring (bicyclic) bond motifs is 3. The highest BCUT2D eigenvalue weighted by molar-refractivity contribution is 6.06. The van der Waals surface area contributed by atoms with Gasteiger partial charge in [0.25, 0.3) is 5.56 Å². The Morgan fingerprint density at radius 1 is 1.35 bits per heavy atom. The molecule has 0 saturated carbocycles. The van der Waals surface area contributed by atoms with Crippen molar-refractivity contribution in [3.8, 4) is 5.75 Å². The fourth-order valence-corrected chi connectivity index (χ4v) is 2.48. The van der Waals surface area contributed by atoms with E-state index < -0.39 is 0 Å². The summed E-state index contributed by atoms with van der Waals surface area (Å²) in [6.07, 6.45) is 0. The van der Waals surface area contributed by atoms with Crippen LogP contribution in [0.5, 0.6) is 5.75 Å². The van der Waals surface area contributed by atoms with Crippen LogP contribution in [0.25, 0.3) is 22.0 Å². The molecule has 0 atom stereocenters. The highest BCUT2D eigenvalue weighted by atomic mass is 16.3. The van der Waals surface area contributed by atoms with Crippen LogP contribution in [0.3, 0.4) is 0 Å². The first-order valence-corrected chi connectivity index (χ1v) is 6.53. The molecule has 5 nitrogen and oxygen atoms in total. The average molecular weight is 272 g/mol. The van der Waals surface area contributed by atoms with Crippen molar-refractivity contribution in [3.05, 3.63) is 33.9 Å². The second-order valence-corrected chi connectivity index (χ2v) is 5.40. The Kier molecular flexibility index (Phi) is 2.61. The Labute approximate surface area is 115 Å². The Morgan fingerprint density at radius 2 is 2.05 bits per heavy atom. The zero-order valence-electron chi connectivity index (χ0n) is 11.9. The van der Waals surface area contributed by atoms with Crippen molar-refractivity contribution in [2.75, 3.05) is 0 Å². The van der Waals surface area contributed by atoms with Crippen LogP contribution >= 0.6 is 0 Å². The van der Waals surface area contributed by atoms with Crippen molar-refractivity contribution in [2.45, 2.75) is 26.7 Å². The molecule has 3 aromatic rings. The van der Waals surface area contributed by atoms with Crippen molar-refractivity contribution in [3.63, 3.8) is 0 Å². The largest absolute Gasteiger partial charge is 0.506 e. The van der Waals surface area contributed by atoms with Gasteiger partial charge < -0.3 is 14.1 Å². The molecule has 0 radical (unpaired) electrons. The van der Waals surface area contributed by atoms with Gasteiger partial charge in [-0.25, -0.2) is 4.98 Å². The number of hydrogen-bond donors (Lipinski definition) is 1. The predicted molar refractivity (Wildman–Crippen MR) is 77.2 cm³/mol. The number of pyridine rings is 1. The molecule has 5 heteroatoms. The van der Waals surface area contributed by atoms with Crippen LogP contribution < -0.4 is 5.56 Å². The lowest BCUT2D eigenvalue weighted by molar-refractivity contribution is 0.478. The van der Waals surface area contributed by atoms with Crippen molar-refractivity contribution in [2.24, 2.45) is 7.05 Å². The summed E-state index contributed by atoms with van der Waals surface area (Å²) in [5.74, 6) is 0.826. The van der Waals surface area contributed by atoms with Crippen molar-refractivity contribution >= 4 is 22.0 Å². The van der Waals surface area contributed by atoms with Crippen LogP contribution in [-0.2, 0) is 7.05 Å². The molecule has 104 valence electrons. The van der Waals surface area contributed by atoms with E-state index in [9.17, 15) is 9.90 Å². The average Bonchev–Trinajstić information content (AvgIpc) is 2.78. The lowest BCUT2D eigenvalue weighted by atomic mass is 10.1. The second-order valence-electron chi connectivity index (χ2n) is 5.40. The minimum absolute atomic E-state index is 0.0411. The zero-order chi connectivity index (χ0) is 14.6. The molecule has 0 amide bonds. The number of aromatic nitrogens is 2. The summed E-state index contributed by atoms with van der Waals surface area (Å²) in [5, 5.41) is 10.9. The number of aromatic hydroxyl groups is 1. The van der Waals surface area contributed by atoms with Crippen LogP contribution in [0.4, 0.5) is 0 Å². The smallest absolute Gasteiger partial charge is 0.251 e. The van der Waals surface area contributed by atoms with Crippen LogP contribution in [0.15, 0.2) is 21.3 Å². The van der Waals surface area contributed by atoms with Gasteiger partial charge in [0.15, 0.2) is 11.5 Å². The molecule has 2 heterocycles. The second kappa shape index (κ2) is 4.10. The quantitative estimate of drug-likeness (QED) is 0.739. The summed E-state index contributed by atoms with van der Waals surface area (Å²) in [4.78, 5) is 16.3. The standard InChI is InChI=1S/C15H16N2O3/c1-7(2)15-16-9-6-10(18)13-12(14(9)20-15)8(3)5-11(19)17(13)4/h5-7,18H,1-4H3. The van der Waals surface area contributed by atoms with E-state index >= 15 is 0 Å². The molecule has 0 bridgehead atoms. The van der Waals surface area contributed by atoms with Crippen molar-refractivity contribution in [1.82, 2.24) is 9.55 Å². The number of phenolic OH excluding ortho intramolecular Hbond substituents is 1. The molecule has 0 unspecified atom stereocenters. The Balaban J connectivity index is 2.59. The number of oxazole rings is 1. The van der Waals surface area contributed by atoms with E-state index in [1.807, 2.05) is 20.8 Å². The van der Waals surface area contributed by atoms with Gasteiger partial charge in [0.1, 0.15) is 11.3 Å². The van der Waals surface area contributed by atoms with Gasteiger partial charge in [-0.2, -0.15) is 0 Å². The molecular weight excluding hydrogens is 256 g/mol. The van der Waals surface area contributed by atoms with E-state index in [2.05, 4.69) is 4.98 Å². The maximum Gasteiger partial charge on any atom is 0.251 e. The third kappa shape index (κ3) is 1.62. The van der Waals surface area contributed by atoms with Gasteiger partial charge in [-0.1, -0.05) is 13.8 Å². The van der Waals surface area contributed by atoms with Gasteiger partial charge >= 0.3 is 0 Å². The lowest BCUT2D eigenvalue weighted by Gasteiger charge is -2.09. The van der Waals surface area contributed by atoms with Gasteiger partial charge in [-0.3, -0.25) is 4.79 Å². The SMILES string of the molecule is Cc1cc(=O)n(C)c2c(O)cc3nc(C(C)C)oc3c12. The van der Waals surface area contributed by atoms with Gasteiger partial charge in [0.05, 0.1) is 10.9 Å². The molecule has 1 aromatic carbocycles. The monoisotopic (exact) mass is 272 g/mol. The highest BCUT2D eigenvalue weighted by Crippen LogP contribution is 2.34. The summed E-state index contributed by atoms with van der Waals surface area (Å²) in [6.45, 7) is 5.82. The van der Waals surface area contributed by atoms with E-state index in [4.69, 9.17) is 4.42 Å². The zero-order valence-corrected chi connectivity index (χ0v) is 11.9. The van der Waals surface area contributed by atoms with Gasteiger partial charge in [0, 0.05) is 25.1 Å². The molecule has 0 aliphatic carbocycles. The summed E-state index contributed by atoms with van der Waals surface area (Å²) < 4.78 is 7.26. The fourth-order valence-electron chi connectivity index (χ4n) is 2.48. The molecule has 0 aliphatic heterocycles. The maximum atomic E-state index is 11.9. The van der Waals surface area contributed by atoms with Gasteiger partial charge in [-0.05, 0) is 12.5 Å². The molecular formula is C15H16N2O3. The van der Waals surface area contributed by atoms with Crippen LogP contribution in [-0.4, -0.2) is 14.7 Å². The first kappa shape index (κ1) is 12.7. The molecule has 3 rings (SSSR count). The number of benzene rings is 1. The Hall–Kier alpha value is -2.30. The van der Waals surface area contributed by atoms with E-state index in [0.717, 1.165) is 10.9 Å². The molecule has 1 N–H and O–H groups in total. The maximum absolute atomic E-state index is 11.9. The normalized spacial score (nSPS) is 11.8. The summed E-state index contributed by atoms with van der Waals surface area (Å²) in [5.41, 5.74) is 2.33. The molecule has 0 fully saturated rings. The fraction of sp³-hybridized carbons (Fsp3) is 0.333. The predicted octanol–water partition coefficient (Wildman–Crippen LogP) is 2.82. The summed E-state index contributed by atoms with van der Waals surface area (Å²) in [7, 11) is 1.63. The number of nitrogens with zero attached hydrogens (tertiary/aromatic N) is 2. The van der Waals surface area contributed by atoms with Gasteiger partial charge in [0.2, 0.25) is 0 Å². The summed E-state index contributed by atoms with van der Waals surface area (Å²) in [6, 6.07) is 3.09. The van der Waals surface area contributed by atoms with Crippen LogP contribution in [0.1, 0.15) is 31.2 Å². The third-order valence-corrected chi connectivity index (χ3v) is 3.54. The minimum Gasteiger partial charge on any atom is -0.506 e. The van der Waals surface area contributed by atoms with Crippen molar-refractivity contribution < 1.29 is 9.52 Å². The highest BCUT2D eigenvalue weighted by Gasteiger charge is 2.18. The van der Waals surface area contributed by atoms with Gasteiger partial charge in [-0.15, -0.1) is 0 Å². The molecule has 2 aromatic heterocycles. The number of hydrogen-bond acceptors (Lipinski definition) is 4. The van der Waals surface area contributed by atoms with E-state index in [-0.39, 0.29) is 17.2 Å². The first-order chi connectivity index (χ1) is 9.40.